The minimum atomic E-state index is -4.41. The number of carbonyl (C=O) groups is 1. The maximum atomic E-state index is 12.8. The predicted octanol–water partition coefficient (Wildman–Crippen LogP) is 4.16. The Morgan fingerprint density at radius 2 is 1.92 bits per heavy atom. The average Bonchev–Trinajstić information content (AvgIpc) is 2.48. The maximum Gasteiger partial charge on any atom is 0.416 e. The number of ether oxygens (including phenoxy) is 2. The number of halogens is 3. The standard InChI is InChI=1S/C17H19F3N2O3/c1-16(2,3)25-15(23)22-8-9-24-14-13-5-4-12(17(18,19)20)10-11(13)6-7-21-14/h4-7,10H,8-9H2,1-3H3,(H,22,23). The van der Waals surface area contributed by atoms with Crippen molar-refractivity contribution in [2.75, 3.05) is 13.2 Å². The number of amides is 1. The Morgan fingerprint density at radius 3 is 2.56 bits per heavy atom. The van der Waals surface area contributed by atoms with Crippen LogP contribution >= 0.6 is 0 Å². The number of hydrogen-bond acceptors (Lipinski definition) is 4. The van der Waals surface area contributed by atoms with Crippen LogP contribution < -0.4 is 10.1 Å². The largest absolute Gasteiger partial charge is 0.475 e. The number of nitrogens with zero attached hydrogens (tertiary/aromatic N) is 1. The fourth-order valence-electron chi connectivity index (χ4n) is 2.06. The number of pyridine rings is 1. The summed E-state index contributed by atoms with van der Waals surface area (Å²) in [6.07, 6.45) is -3.61. The van der Waals surface area contributed by atoms with Gasteiger partial charge in [0, 0.05) is 11.6 Å². The Labute approximate surface area is 143 Å². The molecule has 0 unspecified atom stereocenters. The molecule has 0 fully saturated rings. The van der Waals surface area contributed by atoms with Gasteiger partial charge in [-0.2, -0.15) is 13.2 Å². The normalized spacial score (nSPS) is 12.1. The smallest absolute Gasteiger partial charge is 0.416 e. The SMILES string of the molecule is CC(C)(C)OC(=O)NCCOc1nccc2cc(C(F)(F)F)ccc12. The number of carbonyl (C=O) groups excluding carboxylic acids is 1. The first-order chi connectivity index (χ1) is 11.6. The number of fused-ring (bicyclic) bond motifs is 1. The second-order valence-electron chi connectivity index (χ2n) is 6.33. The number of rotatable bonds is 4. The molecule has 0 aliphatic heterocycles. The third kappa shape index (κ3) is 5.51. The van der Waals surface area contributed by atoms with E-state index < -0.39 is 23.4 Å². The van der Waals surface area contributed by atoms with E-state index in [2.05, 4.69) is 10.3 Å². The predicted molar refractivity (Wildman–Crippen MR) is 86.5 cm³/mol. The van der Waals surface area contributed by atoms with Crippen molar-refractivity contribution >= 4 is 16.9 Å². The molecule has 1 heterocycles. The molecule has 2 rings (SSSR count). The second-order valence-corrected chi connectivity index (χ2v) is 6.33. The first-order valence-corrected chi connectivity index (χ1v) is 7.62. The molecule has 2 aromatic rings. The van der Waals surface area contributed by atoms with Gasteiger partial charge in [-0.05, 0) is 50.4 Å². The molecule has 0 aliphatic rings. The van der Waals surface area contributed by atoms with Crippen molar-refractivity contribution < 1.29 is 27.4 Å². The van der Waals surface area contributed by atoms with E-state index in [0.29, 0.717) is 10.8 Å². The van der Waals surface area contributed by atoms with Crippen LogP contribution in [0.15, 0.2) is 30.5 Å². The third-order valence-corrected chi connectivity index (χ3v) is 3.06. The fourth-order valence-corrected chi connectivity index (χ4v) is 2.06. The summed E-state index contributed by atoms with van der Waals surface area (Å²) in [5.41, 5.74) is -1.33. The molecule has 0 saturated heterocycles. The molecule has 1 aromatic heterocycles. The zero-order valence-electron chi connectivity index (χ0n) is 14.1. The molecule has 1 aromatic carbocycles. The van der Waals surface area contributed by atoms with Gasteiger partial charge in [0.1, 0.15) is 12.2 Å². The molecule has 0 atom stereocenters. The van der Waals surface area contributed by atoms with Crippen molar-refractivity contribution in [1.82, 2.24) is 10.3 Å². The van der Waals surface area contributed by atoms with Crippen LogP contribution in [0.1, 0.15) is 26.3 Å². The highest BCUT2D eigenvalue weighted by molar-refractivity contribution is 5.87. The molecule has 0 saturated carbocycles. The van der Waals surface area contributed by atoms with Gasteiger partial charge in [-0.25, -0.2) is 9.78 Å². The fraction of sp³-hybridized carbons (Fsp3) is 0.412. The van der Waals surface area contributed by atoms with Crippen molar-refractivity contribution in [3.8, 4) is 5.88 Å². The lowest BCUT2D eigenvalue weighted by molar-refractivity contribution is -0.137. The van der Waals surface area contributed by atoms with Gasteiger partial charge in [-0.1, -0.05) is 0 Å². The van der Waals surface area contributed by atoms with Crippen molar-refractivity contribution in [1.29, 1.82) is 0 Å². The summed E-state index contributed by atoms with van der Waals surface area (Å²) in [6, 6.07) is 4.83. The summed E-state index contributed by atoms with van der Waals surface area (Å²) < 4.78 is 48.8. The van der Waals surface area contributed by atoms with Gasteiger partial charge in [0.2, 0.25) is 5.88 Å². The van der Waals surface area contributed by atoms with Crippen LogP contribution in [-0.2, 0) is 10.9 Å². The van der Waals surface area contributed by atoms with Gasteiger partial charge in [-0.3, -0.25) is 0 Å². The molecule has 1 amide bonds. The summed E-state index contributed by atoms with van der Waals surface area (Å²) in [6.45, 7) is 5.52. The Hall–Kier alpha value is -2.51. The summed E-state index contributed by atoms with van der Waals surface area (Å²) in [4.78, 5) is 15.5. The molecule has 8 heteroatoms. The van der Waals surface area contributed by atoms with Gasteiger partial charge in [0.05, 0.1) is 12.1 Å². The van der Waals surface area contributed by atoms with Crippen LogP contribution in [0.25, 0.3) is 10.8 Å². The van der Waals surface area contributed by atoms with Crippen LogP contribution in [0, 0.1) is 0 Å². The van der Waals surface area contributed by atoms with Crippen LogP contribution in [0.2, 0.25) is 0 Å². The van der Waals surface area contributed by atoms with Crippen LogP contribution in [0.5, 0.6) is 5.88 Å². The average molecular weight is 356 g/mol. The highest BCUT2D eigenvalue weighted by Crippen LogP contribution is 2.33. The van der Waals surface area contributed by atoms with Crippen LogP contribution in [-0.4, -0.2) is 29.8 Å². The second kappa shape index (κ2) is 7.16. The summed E-state index contributed by atoms with van der Waals surface area (Å²) in [5.74, 6) is 0.206. The molecule has 25 heavy (non-hydrogen) atoms. The number of alkyl halides is 3. The number of benzene rings is 1. The first-order valence-electron chi connectivity index (χ1n) is 7.62. The monoisotopic (exact) mass is 356 g/mol. The van der Waals surface area contributed by atoms with E-state index in [1.54, 1.807) is 20.8 Å². The summed E-state index contributed by atoms with van der Waals surface area (Å²) in [5, 5.41) is 3.36. The van der Waals surface area contributed by atoms with Crippen LogP contribution in [0.3, 0.4) is 0 Å². The Bertz CT molecular complexity index is 755. The van der Waals surface area contributed by atoms with Crippen molar-refractivity contribution in [3.63, 3.8) is 0 Å². The first kappa shape index (κ1) is 18.8. The lowest BCUT2D eigenvalue weighted by atomic mass is 10.1. The Kier molecular flexibility index (Phi) is 5.39. The molecular formula is C17H19F3N2O3. The van der Waals surface area contributed by atoms with Gasteiger partial charge in [0.15, 0.2) is 0 Å². The van der Waals surface area contributed by atoms with Crippen molar-refractivity contribution in [2.45, 2.75) is 32.5 Å². The molecule has 0 spiro atoms. The van der Waals surface area contributed by atoms with E-state index in [0.717, 1.165) is 12.1 Å². The topological polar surface area (TPSA) is 60.5 Å². The lowest BCUT2D eigenvalue weighted by Gasteiger charge is -2.19. The van der Waals surface area contributed by atoms with Gasteiger partial charge in [-0.15, -0.1) is 0 Å². The molecule has 136 valence electrons. The molecule has 0 bridgehead atoms. The highest BCUT2D eigenvalue weighted by atomic mass is 19.4. The Balaban J connectivity index is 1.99. The summed E-state index contributed by atoms with van der Waals surface area (Å²) >= 11 is 0. The minimum absolute atomic E-state index is 0.104. The van der Waals surface area contributed by atoms with Gasteiger partial charge < -0.3 is 14.8 Å². The van der Waals surface area contributed by atoms with E-state index in [9.17, 15) is 18.0 Å². The zero-order chi connectivity index (χ0) is 18.7. The summed E-state index contributed by atoms with van der Waals surface area (Å²) in [7, 11) is 0. The minimum Gasteiger partial charge on any atom is -0.475 e. The van der Waals surface area contributed by atoms with Crippen LogP contribution in [0.4, 0.5) is 18.0 Å². The third-order valence-electron chi connectivity index (χ3n) is 3.06. The van der Waals surface area contributed by atoms with Gasteiger partial charge in [0.25, 0.3) is 0 Å². The molecule has 0 radical (unpaired) electrons. The zero-order valence-corrected chi connectivity index (χ0v) is 14.1. The number of hydrogen-bond donors (Lipinski definition) is 1. The van der Waals surface area contributed by atoms with E-state index in [4.69, 9.17) is 9.47 Å². The van der Waals surface area contributed by atoms with E-state index in [1.807, 2.05) is 0 Å². The maximum absolute atomic E-state index is 12.8. The number of aromatic nitrogens is 1. The molecule has 5 nitrogen and oxygen atoms in total. The van der Waals surface area contributed by atoms with Crippen molar-refractivity contribution in [3.05, 3.63) is 36.0 Å². The lowest BCUT2D eigenvalue weighted by Crippen LogP contribution is -2.34. The van der Waals surface area contributed by atoms with E-state index >= 15 is 0 Å². The molecule has 1 N–H and O–H groups in total. The van der Waals surface area contributed by atoms with E-state index in [-0.39, 0.29) is 19.0 Å². The van der Waals surface area contributed by atoms with Gasteiger partial charge >= 0.3 is 12.3 Å². The number of nitrogens with one attached hydrogen (secondary N) is 1. The quantitative estimate of drug-likeness (QED) is 0.836. The van der Waals surface area contributed by atoms with Crippen molar-refractivity contribution in [2.24, 2.45) is 0 Å². The highest BCUT2D eigenvalue weighted by Gasteiger charge is 2.30. The Morgan fingerprint density at radius 1 is 1.20 bits per heavy atom. The van der Waals surface area contributed by atoms with E-state index in [1.165, 1.54) is 18.3 Å². The molecular weight excluding hydrogens is 337 g/mol. The number of alkyl carbamates (subject to hydrolysis) is 1. The molecule has 0 aliphatic carbocycles.